The molecular formula is C21H23ClN2O7S. The van der Waals surface area contributed by atoms with Crippen LogP contribution in [0.25, 0.3) is 0 Å². The average molecular weight is 483 g/mol. The van der Waals surface area contributed by atoms with Crippen molar-refractivity contribution in [2.24, 2.45) is 0 Å². The van der Waals surface area contributed by atoms with Gasteiger partial charge in [-0.25, -0.2) is 13.2 Å². The van der Waals surface area contributed by atoms with Crippen molar-refractivity contribution < 1.29 is 32.2 Å². The predicted molar refractivity (Wildman–Crippen MR) is 118 cm³/mol. The first-order chi connectivity index (χ1) is 15.2. The highest BCUT2D eigenvalue weighted by atomic mass is 35.5. The van der Waals surface area contributed by atoms with Crippen LogP contribution >= 0.6 is 11.6 Å². The standard InChI is InChI=1S/C21H23ClN2O7S/c1-29-18-11-15(21(26)31-3)17(12-19(18)30-2)23-20(25)14-10-13(6-7-16(14)22)32(27,28)24-8-4-5-9-24/h6-7,10-12H,4-5,8-9H2,1-3H3,(H,23,25). The summed E-state index contributed by atoms with van der Waals surface area (Å²) in [5, 5.41) is 2.65. The Morgan fingerprint density at radius 1 is 0.969 bits per heavy atom. The summed E-state index contributed by atoms with van der Waals surface area (Å²) in [6.07, 6.45) is 1.57. The molecular weight excluding hydrogens is 460 g/mol. The molecule has 172 valence electrons. The van der Waals surface area contributed by atoms with Gasteiger partial charge in [0.25, 0.3) is 5.91 Å². The summed E-state index contributed by atoms with van der Waals surface area (Å²) >= 11 is 6.20. The van der Waals surface area contributed by atoms with E-state index in [1.807, 2.05) is 0 Å². The van der Waals surface area contributed by atoms with Gasteiger partial charge < -0.3 is 19.5 Å². The molecule has 0 unspecified atom stereocenters. The Morgan fingerprint density at radius 2 is 1.59 bits per heavy atom. The van der Waals surface area contributed by atoms with E-state index >= 15 is 0 Å². The molecule has 0 aliphatic carbocycles. The largest absolute Gasteiger partial charge is 0.493 e. The lowest BCUT2D eigenvalue weighted by Gasteiger charge is -2.17. The van der Waals surface area contributed by atoms with E-state index < -0.39 is 21.9 Å². The maximum absolute atomic E-state index is 13.0. The van der Waals surface area contributed by atoms with Crippen molar-refractivity contribution in [3.63, 3.8) is 0 Å². The monoisotopic (exact) mass is 482 g/mol. The van der Waals surface area contributed by atoms with Crippen molar-refractivity contribution in [1.29, 1.82) is 0 Å². The van der Waals surface area contributed by atoms with Crippen LogP contribution in [-0.2, 0) is 14.8 Å². The minimum atomic E-state index is -3.75. The van der Waals surface area contributed by atoms with Crippen molar-refractivity contribution in [2.75, 3.05) is 39.7 Å². The average Bonchev–Trinajstić information content (AvgIpc) is 3.34. The molecule has 2 aromatic rings. The Hall–Kier alpha value is -2.82. The topological polar surface area (TPSA) is 111 Å². The van der Waals surface area contributed by atoms with Gasteiger partial charge in [0.05, 0.1) is 48.1 Å². The van der Waals surface area contributed by atoms with Gasteiger partial charge in [-0.15, -0.1) is 0 Å². The fraction of sp³-hybridized carbons (Fsp3) is 0.333. The molecule has 3 rings (SSSR count). The van der Waals surface area contributed by atoms with Gasteiger partial charge >= 0.3 is 5.97 Å². The zero-order valence-corrected chi connectivity index (χ0v) is 19.4. The van der Waals surface area contributed by atoms with Gasteiger partial charge in [-0.2, -0.15) is 4.31 Å². The number of sulfonamides is 1. The fourth-order valence-corrected chi connectivity index (χ4v) is 5.11. The number of anilines is 1. The van der Waals surface area contributed by atoms with E-state index in [1.165, 1.54) is 56.0 Å². The van der Waals surface area contributed by atoms with E-state index in [1.54, 1.807) is 0 Å². The third-order valence-corrected chi connectivity index (χ3v) is 7.29. The number of carbonyl (C=O) groups is 2. The second-order valence-corrected chi connectivity index (χ2v) is 9.30. The van der Waals surface area contributed by atoms with Crippen molar-refractivity contribution >= 4 is 39.2 Å². The molecule has 11 heteroatoms. The van der Waals surface area contributed by atoms with Crippen LogP contribution in [0.3, 0.4) is 0 Å². The summed E-state index contributed by atoms with van der Waals surface area (Å²) in [4.78, 5) is 25.2. The molecule has 1 fully saturated rings. The lowest BCUT2D eigenvalue weighted by atomic mass is 10.1. The number of hydrogen-bond donors (Lipinski definition) is 1. The Balaban J connectivity index is 1.99. The van der Waals surface area contributed by atoms with E-state index in [9.17, 15) is 18.0 Å². The summed E-state index contributed by atoms with van der Waals surface area (Å²) in [5.74, 6) is -0.877. The zero-order chi connectivity index (χ0) is 23.5. The molecule has 1 amide bonds. The number of ether oxygens (including phenoxy) is 3. The van der Waals surface area contributed by atoms with Crippen LogP contribution in [0.2, 0.25) is 5.02 Å². The summed E-state index contributed by atoms with van der Waals surface area (Å²) < 4.78 is 42.3. The zero-order valence-electron chi connectivity index (χ0n) is 17.8. The third-order valence-electron chi connectivity index (χ3n) is 5.06. The molecule has 1 saturated heterocycles. The molecule has 1 heterocycles. The number of esters is 1. The van der Waals surface area contributed by atoms with Gasteiger partial charge in [-0.1, -0.05) is 11.6 Å². The van der Waals surface area contributed by atoms with Gasteiger partial charge in [0, 0.05) is 25.2 Å². The molecule has 1 aliphatic heterocycles. The molecule has 0 aromatic heterocycles. The lowest BCUT2D eigenvalue weighted by Crippen LogP contribution is -2.28. The lowest BCUT2D eigenvalue weighted by molar-refractivity contribution is 0.0601. The number of amides is 1. The highest BCUT2D eigenvalue weighted by Crippen LogP contribution is 2.34. The number of carbonyl (C=O) groups excluding carboxylic acids is 2. The predicted octanol–water partition coefficient (Wildman–Crippen LogP) is 3.18. The van der Waals surface area contributed by atoms with Crippen molar-refractivity contribution in [3.05, 3.63) is 46.5 Å². The van der Waals surface area contributed by atoms with E-state index in [2.05, 4.69) is 5.32 Å². The van der Waals surface area contributed by atoms with E-state index in [0.29, 0.717) is 13.1 Å². The normalized spacial score (nSPS) is 14.1. The summed E-state index contributed by atoms with van der Waals surface area (Å²) in [6.45, 7) is 0.862. The van der Waals surface area contributed by atoms with Crippen molar-refractivity contribution in [3.8, 4) is 11.5 Å². The first-order valence-corrected chi connectivity index (χ1v) is 11.5. The molecule has 0 atom stereocenters. The molecule has 0 radical (unpaired) electrons. The quantitative estimate of drug-likeness (QED) is 0.603. The highest BCUT2D eigenvalue weighted by Gasteiger charge is 2.29. The molecule has 1 N–H and O–H groups in total. The van der Waals surface area contributed by atoms with Gasteiger partial charge in [0.2, 0.25) is 10.0 Å². The molecule has 1 aliphatic rings. The van der Waals surface area contributed by atoms with Gasteiger partial charge in [-0.05, 0) is 31.0 Å². The second kappa shape index (κ2) is 9.76. The summed E-state index contributed by atoms with van der Waals surface area (Å²) in [5.41, 5.74) is 0.0522. The first kappa shape index (κ1) is 23.8. The Bertz CT molecular complexity index is 1150. The van der Waals surface area contributed by atoms with Gasteiger partial charge in [0.1, 0.15) is 0 Å². The Morgan fingerprint density at radius 3 is 2.19 bits per heavy atom. The third kappa shape index (κ3) is 4.67. The second-order valence-electron chi connectivity index (χ2n) is 6.95. The van der Waals surface area contributed by atoms with E-state index in [-0.39, 0.29) is 38.2 Å². The molecule has 9 nitrogen and oxygen atoms in total. The fourth-order valence-electron chi connectivity index (χ4n) is 3.37. The van der Waals surface area contributed by atoms with E-state index in [4.69, 9.17) is 25.8 Å². The van der Waals surface area contributed by atoms with Crippen molar-refractivity contribution in [1.82, 2.24) is 4.31 Å². The molecule has 0 spiro atoms. The minimum absolute atomic E-state index is 0.0236. The first-order valence-electron chi connectivity index (χ1n) is 9.68. The number of nitrogens with zero attached hydrogens (tertiary/aromatic N) is 1. The van der Waals surface area contributed by atoms with Crippen LogP contribution in [-0.4, -0.2) is 59.0 Å². The van der Waals surface area contributed by atoms with Crippen LogP contribution in [0.1, 0.15) is 33.6 Å². The van der Waals surface area contributed by atoms with Crippen LogP contribution in [0.5, 0.6) is 11.5 Å². The van der Waals surface area contributed by atoms with Gasteiger partial charge in [-0.3, -0.25) is 4.79 Å². The number of halogens is 1. The van der Waals surface area contributed by atoms with Gasteiger partial charge in [0.15, 0.2) is 11.5 Å². The van der Waals surface area contributed by atoms with Crippen LogP contribution in [0.4, 0.5) is 5.69 Å². The minimum Gasteiger partial charge on any atom is -0.493 e. The maximum Gasteiger partial charge on any atom is 0.340 e. The van der Waals surface area contributed by atoms with E-state index in [0.717, 1.165) is 12.8 Å². The highest BCUT2D eigenvalue weighted by molar-refractivity contribution is 7.89. The number of methoxy groups -OCH3 is 3. The van der Waals surface area contributed by atoms with Crippen LogP contribution in [0.15, 0.2) is 35.2 Å². The number of hydrogen-bond acceptors (Lipinski definition) is 7. The Kier molecular flexibility index (Phi) is 7.27. The van der Waals surface area contributed by atoms with Crippen LogP contribution < -0.4 is 14.8 Å². The molecule has 32 heavy (non-hydrogen) atoms. The number of benzene rings is 2. The number of rotatable bonds is 7. The summed E-state index contributed by atoms with van der Waals surface area (Å²) in [6, 6.07) is 6.72. The number of nitrogens with one attached hydrogen (secondary N) is 1. The molecule has 2 aromatic carbocycles. The molecule has 0 saturated carbocycles. The SMILES string of the molecule is COC(=O)c1cc(OC)c(OC)cc1NC(=O)c1cc(S(=O)(=O)N2CCCC2)ccc1Cl. The summed E-state index contributed by atoms with van der Waals surface area (Å²) in [7, 11) is 0.271. The molecule has 0 bridgehead atoms. The maximum atomic E-state index is 13.0. The van der Waals surface area contributed by atoms with Crippen LogP contribution in [0, 0.1) is 0 Å². The smallest absolute Gasteiger partial charge is 0.340 e. The van der Waals surface area contributed by atoms with Crippen molar-refractivity contribution in [2.45, 2.75) is 17.7 Å². The Labute approximate surface area is 191 Å².